The Morgan fingerprint density at radius 3 is 2.65 bits per heavy atom. The molecule has 0 aliphatic heterocycles. The summed E-state index contributed by atoms with van der Waals surface area (Å²) in [5.74, 6) is 0. The van der Waals surface area contributed by atoms with Gasteiger partial charge in [0.1, 0.15) is 4.60 Å². The molecule has 0 saturated heterocycles. The summed E-state index contributed by atoms with van der Waals surface area (Å²) in [6.07, 6.45) is 3.52. The summed E-state index contributed by atoms with van der Waals surface area (Å²) in [5.41, 5.74) is 1.15. The number of carboxylic acid groups (broad SMARTS) is 1. The predicted octanol–water partition coefficient (Wildman–Crippen LogP) is 2.64. The number of hydrogen-bond acceptors (Lipinski definition) is 3. The molecule has 0 saturated carbocycles. The van der Waals surface area contributed by atoms with Gasteiger partial charge in [-0.25, -0.2) is 4.79 Å². The lowest BCUT2D eigenvalue weighted by molar-refractivity contribution is 0.194. The van der Waals surface area contributed by atoms with E-state index in [0.717, 1.165) is 23.1 Å². The van der Waals surface area contributed by atoms with Gasteiger partial charge in [-0.15, -0.1) is 0 Å². The highest BCUT2D eigenvalue weighted by molar-refractivity contribution is 9.10. The number of aliphatic hydroxyl groups excluding tert-OH is 1. The number of aryl methyl sites for hydroxylation is 1. The summed E-state index contributed by atoms with van der Waals surface area (Å²) in [6, 6.07) is 2.00. The number of nitrogens with one attached hydrogen (secondary N) is 1. The molecule has 0 atom stereocenters. The minimum atomic E-state index is -0.997. The first-order chi connectivity index (χ1) is 9.54. The highest BCUT2D eigenvalue weighted by Gasteiger charge is 2.06. The van der Waals surface area contributed by atoms with Crippen LogP contribution in [-0.2, 0) is 13.0 Å². The summed E-state index contributed by atoms with van der Waals surface area (Å²) in [7, 11) is 0. The minimum absolute atomic E-state index is 0.250. The van der Waals surface area contributed by atoms with Gasteiger partial charge < -0.3 is 15.5 Å². The number of amides is 1. The van der Waals surface area contributed by atoms with E-state index >= 15 is 0 Å². The Morgan fingerprint density at radius 1 is 1.45 bits per heavy atom. The quantitative estimate of drug-likeness (QED) is 0.660. The molecule has 3 N–H and O–H groups in total. The summed E-state index contributed by atoms with van der Waals surface area (Å²) < 4.78 is 2.66. The first-order valence-electron chi connectivity index (χ1n) is 6.85. The van der Waals surface area contributed by atoms with Crippen molar-refractivity contribution in [3.8, 4) is 0 Å². The molecule has 116 valence electrons. The van der Waals surface area contributed by atoms with E-state index < -0.39 is 6.09 Å². The molecule has 0 aromatic carbocycles. The van der Waals surface area contributed by atoms with Crippen molar-refractivity contribution in [1.82, 2.24) is 15.1 Å². The molecule has 1 heterocycles. The third kappa shape index (κ3) is 8.92. The second-order valence-corrected chi connectivity index (χ2v) is 5.00. The number of rotatable bonds is 7. The molecule has 1 aromatic heterocycles. The summed E-state index contributed by atoms with van der Waals surface area (Å²) >= 11 is 3.34. The lowest BCUT2D eigenvalue weighted by atomic mass is 10.1. The lowest BCUT2D eigenvalue weighted by Gasteiger charge is -2.06. The van der Waals surface area contributed by atoms with Gasteiger partial charge in [-0.1, -0.05) is 19.8 Å². The zero-order valence-electron chi connectivity index (χ0n) is 12.1. The summed E-state index contributed by atoms with van der Waals surface area (Å²) in [4.78, 5) is 10.3. The van der Waals surface area contributed by atoms with Crippen LogP contribution in [0.1, 0.15) is 38.8 Å². The Balaban J connectivity index is 0.00000110. The van der Waals surface area contributed by atoms with Gasteiger partial charge in [0.25, 0.3) is 0 Å². The standard InChI is InChI=1S/C11H18BrN3O2.C2H6O/c1-2-3-4-5-9-8-10(12)14-15(9)7-6-13-11(16)17;1-2-3/h8,13H,2-7H2,1H3,(H,16,17);3H,2H2,1H3. The molecule has 0 fully saturated rings. The number of aliphatic hydroxyl groups is 1. The normalized spacial score (nSPS) is 9.80. The van der Waals surface area contributed by atoms with E-state index in [1.807, 2.05) is 10.7 Å². The average molecular weight is 350 g/mol. The molecule has 0 radical (unpaired) electrons. The molecule has 0 aliphatic carbocycles. The predicted molar refractivity (Wildman–Crippen MR) is 81.9 cm³/mol. The van der Waals surface area contributed by atoms with Gasteiger partial charge in [0.15, 0.2) is 0 Å². The van der Waals surface area contributed by atoms with Crippen LogP contribution in [0.4, 0.5) is 4.79 Å². The smallest absolute Gasteiger partial charge is 0.404 e. The van der Waals surface area contributed by atoms with Gasteiger partial charge in [0, 0.05) is 18.8 Å². The molecule has 1 amide bonds. The summed E-state index contributed by atoms with van der Waals surface area (Å²) in [6.45, 7) is 5.05. The Morgan fingerprint density at radius 2 is 2.10 bits per heavy atom. The third-order valence-corrected chi connectivity index (χ3v) is 2.86. The number of hydrogen-bond donors (Lipinski definition) is 3. The van der Waals surface area contributed by atoms with E-state index in [-0.39, 0.29) is 6.61 Å². The van der Waals surface area contributed by atoms with Gasteiger partial charge in [0.05, 0.1) is 6.54 Å². The molecule has 1 aromatic rings. The van der Waals surface area contributed by atoms with E-state index in [4.69, 9.17) is 10.2 Å². The van der Waals surface area contributed by atoms with Crippen molar-refractivity contribution in [3.05, 3.63) is 16.4 Å². The second-order valence-electron chi connectivity index (χ2n) is 4.19. The zero-order valence-corrected chi connectivity index (χ0v) is 13.7. The highest BCUT2D eigenvalue weighted by atomic mass is 79.9. The fraction of sp³-hybridized carbons (Fsp3) is 0.692. The molecule has 6 nitrogen and oxygen atoms in total. The van der Waals surface area contributed by atoms with Crippen molar-refractivity contribution in [2.24, 2.45) is 0 Å². The van der Waals surface area contributed by atoms with Crippen LogP contribution in [0.3, 0.4) is 0 Å². The van der Waals surface area contributed by atoms with Crippen LogP contribution in [0, 0.1) is 0 Å². The number of nitrogens with zero attached hydrogens (tertiary/aromatic N) is 2. The average Bonchev–Trinajstić information content (AvgIpc) is 2.71. The fourth-order valence-electron chi connectivity index (χ4n) is 1.64. The third-order valence-electron chi connectivity index (χ3n) is 2.47. The van der Waals surface area contributed by atoms with E-state index in [1.165, 1.54) is 12.8 Å². The van der Waals surface area contributed by atoms with Crippen molar-refractivity contribution in [1.29, 1.82) is 0 Å². The topological polar surface area (TPSA) is 87.4 Å². The first-order valence-corrected chi connectivity index (χ1v) is 7.64. The molecule has 0 spiro atoms. The SMILES string of the molecule is CCCCCc1cc(Br)nn1CCNC(=O)O.CCO. The number of aromatic nitrogens is 2. The second kappa shape index (κ2) is 11.7. The van der Waals surface area contributed by atoms with Gasteiger partial charge in [-0.05, 0) is 41.8 Å². The molecule has 20 heavy (non-hydrogen) atoms. The van der Waals surface area contributed by atoms with E-state index in [1.54, 1.807) is 6.92 Å². The Hall–Kier alpha value is -1.08. The maximum absolute atomic E-state index is 10.3. The summed E-state index contributed by atoms with van der Waals surface area (Å²) in [5, 5.41) is 22.7. The van der Waals surface area contributed by atoms with Crippen LogP contribution >= 0.6 is 15.9 Å². The maximum Gasteiger partial charge on any atom is 0.404 e. The molecular formula is C13H24BrN3O3. The number of carbonyl (C=O) groups is 1. The molecule has 0 unspecified atom stereocenters. The van der Waals surface area contributed by atoms with Crippen LogP contribution < -0.4 is 5.32 Å². The van der Waals surface area contributed by atoms with Crippen molar-refractivity contribution in [2.45, 2.75) is 46.1 Å². The van der Waals surface area contributed by atoms with Crippen molar-refractivity contribution in [3.63, 3.8) is 0 Å². The highest BCUT2D eigenvalue weighted by Crippen LogP contribution is 2.13. The monoisotopic (exact) mass is 349 g/mol. The van der Waals surface area contributed by atoms with Crippen LogP contribution in [-0.4, -0.2) is 39.2 Å². The molecule has 0 aliphatic rings. The molecule has 0 bridgehead atoms. The van der Waals surface area contributed by atoms with Gasteiger partial charge in [0.2, 0.25) is 0 Å². The van der Waals surface area contributed by atoms with E-state index in [0.29, 0.717) is 13.1 Å². The Kier molecular flexibility index (Phi) is 11.1. The maximum atomic E-state index is 10.3. The van der Waals surface area contributed by atoms with Crippen LogP contribution in [0.25, 0.3) is 0 Å². The Labute approximate surface area is 128 Å². The van der Waals surface area contributed by atoms with E-state index in [2.05, 4.69) is 33.3 Å². The van der Waals surface area contributed by atoms with Crippen LogP contribution in [0.15, 0.2) is 10.7 Å². The zero-order chi connectivity index (χ0) is 15.4. The van der Waals surface area contributed by atoms with Gasteiger partial charge in [-0.2, -0.15) is 5.10 Å². The molecular weight excluding hydrogens is 326 g/mol. The van der Waals surface area contributed by atoms with Crippen LogP contribution in [0.5, 0.6) is 0 Å². The number of halogens is 1. The van der Waals surface area contributed by atoms with Crippen molar-refractivity contribution >= 4 is 22.0 Å². The van der Waals surface area contributed by atoms with Crippen molar-refractivity contribution < 1.29 is 15.0 Å². The van der Waals surface area contributed by atoms with E-state index in [9.17, 15) is 4.79 Å². The molecule has 7 heteroatoms. The molecule has 1 rings (SSSR count). The fourth-order valence-corrected chi connectivity index (χ4v) is 2.10. The van der Waals surface area contributed by atoms with Crippen LogP contribution in [0.2, 0.25) is 0 Å². The first kappa shape index (κ1) is 18.9. The largest absolute Gasteiger partial charge is 0.465 e. The number of unbranched alkanes of at least 4 members (excludes halogenated alkanes) is 2. The Bertz CT molecular complexity index is 383. The minimum Gasteiger partial charge on any atom is -0.465 e. The van der Waals surface area contributed by atoms with Crippen molar-refractivity contribution in [2.75, 3.05) is 13.2 Å². The van der Waals surface area contributed by atoms with Gasteiger partial charge in [-0.3, -0.25) is 4.68 Å². The van der Waals surface area contributed by atoms with Gasteiger partial charge >= 0.3 is 6.09 Å². The lowest BCUT2D eigenvalue weighted by Crippen LogP contribution is -2.26.